The third-order valence-corrected chi connectivity index (χ3v) is 7.37. The van der Waals surface area contributed by atoms with E-state index in [-0.39, 0.29) is 27.8 Å². The fourth-order valence-electron chi connectivity index (χ4n) is 4.47. The van der Waals surface area contributed by atoms with E-state index in [4.69, 9.17) is 11.0 Å². The normalized spacial score (nSPS) is 26.6. The molecule has 156 valence electrons. The number of nitriles is 1. The maximum absolute atomic E-state index is 14.9. The summed E-state index contributed by atoms with van der Waals surface area (Å²) in [5.41, 5.74) is 6.37. The van der Waals surface area contributed by atoms with Crippen molar-refractivity contribution < 1.29 is 8.78 Å². The minimum absolute atomic E-state index is 0.110. The van der Waals surface area contributed by atoms with Crippen molar-refractivity contribution in [3.05, 3.63) is 59.7 Å². The number of fused-ring (bicyclic) bond motifs is 2. The highest BCUT2D eigenvalue weighted by molar-refractivity contribution is 8.14. The first-order chi connectivity index (χ1) is 15.0. The lowest BCUT2D eigenvalue weighted by Crippen LogP contribution is -2.37. The summed E-state index contributed by atoms with van der Waals surface area (Å²) in [6.07, 6.45) is 3.07. The van der Waals surface area contributed by atoms with E-state index < -0.39 is 18.0 Å². The molecule has 1 aliphatic heterocycles. The molecule has 1 saturated carbocycles. The first-order valence-corrected chi connectivity index (χ1v) is 10.6. The molecule has 0 spiro atoms. The van der Waals surface area contributed by atoms with Crippen molar-refractivity contribution in [1.29, 1.82) is 5.26 Å². The number of pyridine rings is 2. The minimum atomic E-state index is -1.33. The molecule has 1 aromatic carbocycles. The van der Waals surface area contributed by atoms with Gasteiger partial charge in [-0.3, -0.25) is 4.98 Å². The maximum Gasteiger partial charge on any atom is 0.156 e. The zero-order valence-electron chi connectivity index (χ0n) is 16.5. The fraction of sp³-hybridized carbons (Fsp3) is 0.273. The van der Waals surface area contributed by atoms with Gasteiger partial charge in [0.25, 0.3) is 0 Å². The Balaban J connectivity index is 1.57. The Bertz CT molecular complexity index is 1270. The topological polar surface area (TPSA) is 100.0 Å². The van der Waals surface area contributed by atoms with Crippen LogP contribution in [0.5, 0.6) is 0 Å². The van der Waals surface area contributed by atoms with Gasteiger partial charge in [-0.2, -0.15) is 5.26 Å². The van der Waals surface area contributed by atoms with Crippen LogP contribution in [-0.2, 0) is 5.54 Å². The van der Waals surface area contributed by atoms with Crippen LogP contribution in [-0.4, -0.2) is 27.1 Å². The number of alkyl halides is 1. The summed E-state index contributed by atoms with van der Waals surface area (Å²) in [5, 5.41) is 13.4. The van der Waals surface area contributed by atoms with E-state index in [0.717, 1.165) is 5.39 Å². The Kier molecular flexibility index (Phi) is 4.55. The quantitative estimate of drug-likeness (QED) is 0.634. The largest absolute Gasteiger partial charge is 0.379 e. The summed E-state index contributed by atoms with van der Waals surface area (Å²) in [7, 11) is 0. The van der Waals surface area contributed by atoms with Crippen LogP contribution in [0.15, 0.2) is 47.7 Å². The van der Waals surface area contributed by atoms with Crippen molar-refractivity contribution >= 4 is 39.3 Å². The molecule has 0 radical (unpaired) electrons. The number of hydrogen-bond donors (Lipinski definition) is 2. The predicted octanol–water partition coefficient (Wildman–Crippen LogP) is 4.24. The molecule has 0 amide bonds. The summed E-state index contributed by atoms with van der Waals surface area (Å²) in [6, 6.07) is 9.98. The van der Waals surface area contributed by atoms with Crippen LogP contribution < -0.4 is 11.1 Å². The molecule has 0 unspecified atom stereocenters. The number of thioether (sulfide) groups is 1. The van der Waals surface area contributed by atoms with Crippen LogP contribution >= 0.6 is 11.8 Å². The lowest BCUT2D eigenvalue weighted by atomic mass is 9.85. The molecule has 2 aromatic heterocycles. The summed E-state index contributed by atoms with van der Waals surface area (Å²) < 4.78 is 29.4. The van der Waals surface area contributed by atoms with Gasteiger partial charge >= 0.3 is 0 Å². The fourth-order valence-corrected chi connectivity index (χ4v) is 5.87. The molecule has 3 N–H and O–H groups in total. The Morgan fingerprint density at radius 3 is 2.90 bits per heavy atom. The van der Waals surface area contributed by atoms with Gasteiger partial charge in [0.1, 0.15) is 29.6 Å². The number of anilines is 2. The summed E-state index contributed by atoms with van der Waals surface area (Å²) in [4.78, 5) is 13.1. The van der Waals surface area contributed by atoms with Crippen LogP contribution in [0.2, 0.25) is 0 Å². The molecule has 4 atom stereocenters. The Morgan fingerprint density at radius 1 is 1.29 bits per heavy atom. The molecular formula is C22H18F2N6S. The highest BCUT2D eigenvalue weighted by atomic mass is 32.2. The minimum Gasteiger partial charge on any atom is -0.379 e. The molecule has 1 fully saturated rings. The van der Waals surface area contributed by atoms with Gasteiger partial charge in [-0.05, 0) is 36.2 Å². The van der Waals surface area contributed by atoms with E-state index in [9.17, 15) is 8.78 Å². The van der Waals surface area contributed by atoms with E-state index in [1.54, 1.807) is 30.5 Å². The lowest BCUT2D eigenvalue weighted by molar-refractivity contribution is 0.263. The molecule has 9 heteroatoms. The van der Waals surface area contributed by atoms with Gasteiger partial charge in [-0.25, -0.2) is 18.8 Å². The van der Waals surface area contributed by atoms with Gasteiger partial charge < -0.3 is 11.1 Å². The van der Waals surface area contributed by atoms with Gasteiger partial charge in [-0.1, -0.05) is 18.7 Å². The lowest BCUT2D eigenvalue weighted by Gasteiger charge is -2.32. The van der Waals surface area contributed by atoms with E-state index in [1.165, 1.54) is 24.0 Å². The molecule has 0 bridgehead atoms. The van der Waals surface area contributed by atoms with E-state index in [1.807, 2.05) is 6.92 Å². The molecule has 3 aromatic rings. The second-order valence-electron chi connectivity index (χ2n) is 7.86. The van der Waals surface area contributed by atoms with Crippen LogP contribution in [0, 0.1) is 29.0 Å². The van der Waals surface area contributed by atoms with Gasteiger partial charge in [0.05, 0.1) is 5.56 Å². The van der Waals surface area contributed by atoms with E-state index in [2.05, 4.69) is 26.3 Å². The second kappa shape index (κ2) is 7.17. The van der Waals surface area contributed by atoms with Gasteiger partial charge in [0.15, 0.2) is 11.0 Å². The average molecular weight is 436 g/mol. The standard InChI is InChI=1S/C22H18F2N6S/c1-11-17-19(11)31-21(26)30-22(17,10-23)15-7-14(2-3-16(15)24)29-20-18-13(4-5-27-20)6-12(8-25)9-28-18/h2-7,9,11,17,19H,10H2,1H3,(H2,26,30)(H,27,29)/t11-,17+,19-,22+/m0/s1. The summed E-state index contributed by atoms with van der Waals surface area (Å²) in [5.74, 6) is 0.0158. The molecule has 2 aliphatic rings. The van der Waals surface area contributed by atoms with Crippen molar-refractivity contribution in [2.24, 2.45) is 22.6 Å². The van der Waals surface area contributed by atoms with Crippen LogP contribution in [0.3, 0.4) is 0 Å². The number of nitrogens with two attached hydrogens (primary N) is 1. The van der Waals surface area contributed by atoms with Crippen LogP contribution in [0.4, 0.5) is 20.3 Å². The SMILES string of the molecule is C[C@@H]1[C@@H]2SC(N)=N[C@](CF)(c3cc(Nc4nccc5cc(C#N)cnc45)ccc3F)[C@H]12. The number of nitrogens with zero attached hydrogens (tertiary/aromatic N) is 4. The predicted molar refractivity (Wildman–Crippen MR) is 117 cm³/mol. The third kappa shape index (κ3) is 3.10. The number of nitrogens with one attached hydrogen (secondary N) is 1. The molecule has 6 nitrogen and oxygen atoms in total. The molecule has 31 heavy (non-hydrogen) atoms. The second-order valence-corrected chi connectivity index (χ2v) is 9.06. The highest BCUT2D eigenvalue weighted by Crippen LogP contribution is 2.62. The Labute approximate surface area is 181 Å². The zero-order valence-corrected chi connectivity index (χ0v) is 17.3. The highest BCUT2D eigenvalue weighted by Gasteiger charge is 2.63. The number of benzene rings is 1. The number of aliphatic imine (C=N–C) groups is 1. The molecule has 0 saturated heterocycles. The van der Waals surface area contributed by atoms with Crippen molar-refractivity contribution in [2.45, 2.75) is 17.7 Å². The molecule has 3 heterocycles. The average Bonchev–Trinajstić information content (AvgIpc) is 3.43. The smallest absolute Gasteiger partial charge is 0.156 e. The Morgan fingerprint density at radius 2 is 2.13 bits per heavy atom. The monoisotopic (exact) mass is 436 g/mol. The van der Waals surface area contributed by atoms with Crippen molar-refractivity contribution in [1.82, 2.24) is 9.97 Å². The third-order valence-electron chi connectivity index (χ3n) is 6.04. The number of aromatic nitrogens is 2. The molecular weight excluding hydrogens is 418 g/mol. The number of hydrogen-bond acceptors (Lipinski definition) is 7. The Hall–Kier alpha value is -3.25. The van der Waals surface area contributed by atoms with E-state index in [0.29, 0.717) is 22.6 Å². The summed E-state index contributed by atoms with van der Waals surface area (Å²) >= 11 is 1.43. The van der Waals surface area contributed by atoms with Crippen molar-refractivity contribution in [3.63, 3.8) is 0 Å². The van der Waals surface area contributed by atoms with E-state index >= 15 is 0 Å². The molecule has 5 rings (SSSR count). The number of rotatable bonds is 4. The number of halogens is 2. The zero-order chi connectivity index (χ0) is 21.8. The van der Waals surface area contributed by atoms with Crippen molar-refractivity contribution in [3.8, 4) is 6.07 Å². The van der Waals surface area contributed by atoms with Crippen molar-refractivity contribution in [2.75, 3.05) is 12.0 Å². The van der Waals surface area contributed by atoms with Gasteiger partial charge in [0.2, 0.25) is 0 Å². The number of amidine groups is 1. The van der Waals surface area contributed by atoms with Crippen LogP contribution in [0.1, 0.15) is 18.1 Å². The van der Waals surface area contributed by atoms with Gasteiger partial charge in [0, 0.05) is 40.2 Å². The van der Waals surface area contributed by atoms with Crippen LogP contribution in [0.25, 0.3) is 10.9 Å². The first kappa shape index (κ1) is 19.7. The van der Waals surface area contributed by atoms with Gasteiger partial charge in [-0.15, -0.1) is 0 Å². The maximum atomic E-state index is 14.9. The molecule has 1 aliphatic carbocycles. The first-order valence-electron chi connectivity index (χ1n) is 9.76. The summed E-state index contributed by atoms with van der Waals surface area (Å²) in [6.45, 7) is 1.19.